The standard InChI is InChI=1S/C12H27N7O2/c1-2-3-8-19(18-12(15)16)9(10(20)21)6-4-5-7-17-11(13)14/h9H,2-8H2,1H3,(H,20,21)(H4,13,14,17)(H4,15,16,18)/t9-/m0/s1. The zero-order chi connectivity index (χ0) is 16.3. The molecule has 0 aliphatic heterocycles. The van der Waals surface area contributed by atoms with Gasteiger partial charge in [0.05, 0.1) is 0 Å². The quantitative estimate of drug-likeness (QED) is 0.128. The van der Waals surface area contributed by atoms with E-state index >= 15 is 0 Å². The Morgan fingerprint density at radius 3 is 2.48 bits per heavy atom. The molecule has 9 heteroatoms. The molecular weight excluding hydrogens is 274 g/mol. The van der Waals surface area contributed by atoms with Crippen LogP contribution in [0.25, 0.3) is 0 Å². The number of guanidine groups is 2. The third kappa shape index (κ3) is 9.36. The summed E-state index contributed by atoms with van der Waals surface area (Å²) in [4.78, 5) is 11.4. The highest BCUT2D eigenvalue weighted by Gasteiger charge is 2.24. The molecule has 0 unspecified atom stereocenters. The summed E-state index contributed by atoms with van der Waals surface area (Å²) < 4.78 is 0. The lowest BCUT2D eigenvalue weighted by molar-refractivity contribution is -0.143. The van der Waals surface area contributed by atoms with E-state index < -0.39 is 12.0 Å². The molecule has 0 aliphatic carbocycles. The van der Waals surface area contributed by atoms with Crippen molar-refractivity contribution in [3.8, 4) is 0 Å². The Bertz CT molecular complexity index is 356. The summed E-state index contributed by atoms with van der Waals surface area (Å²) in [6, 6.07) is -0.754. The zero-order valence-corrected chi connectivity index (χ0v) is 12.5. The Labute approximate surface area is 125 Å². The van der Waals surface area contributed by atoms with Crippen LogP contribution < -0.4 is 22.5 Å². The maximum absolute atomic E-state index is 11.4. The number of hydrazone groups is 1. The fourth-order valence-corrected chi connectivity index (χ4v) is 1.83. The second-order valence-electron chi connectivity index (χ2n) is 4.73. The fraction of sp³-hybridized carbons (Fsp3) is 0.750. The second-order valence-corrected chi connectivity index (χ2v) is 4.73. The molecule has 0 spiro atoms. The molecule has 0 rings (SSSR count). The minimum Gasteiger partial charge on any atom is -0.480 e. The lowest BCUT2D eigenvalue weighted by Gasteiger charge is -2.26. The van der Waals surface area contributed by atoms with Crippen molar-refractivity contribution in [2.24, 2.45) is 22.3 Å². The fourth-order valence-electron chi connectivity index (χ4n) is 1.83. The molecule has 0 amide bonds. The van der Waals surface area contributed by atoms with E-state index in [9.17, 15) is 9.90 Å². The van der Waals surface area contributed by atoms with Gasteiger partial charge in [0.25, 0.3) is 0 Å². The number of nitrogens with two attached hydrogens (primary N) is 3. The molecule has 0 aromatic heterocycles. The first-order valence-corrected chi connectivity index (χ1v) is 7.05. The Balaban J connectivity index is 4.48. The average Bonchev–Trinajstić information content (AvgIpc) is 2.37. The van der Waals surface area contributed by atoms with Gasteiger partial charge in [-0.05, 0) is 25.7 Å². The number of nitrogens with zero attached hydrogens (tertiary/aromatic N) is 2. The minimum atomic E-state index is -0.948. The van der Waals surface area contributed by atoms with E-state index in [0.717, 1.165) is 12.8 Å². The highest BCUT2D eigenvalue weighted by Crippen LogP contribution is 2.11. The van der Waals surface area contributed by atoms with Crippen molar-refractivity contribution in [1.29, 1.82) is 5.41 Å². The van der Waals surface area contributed by atoms with Gasteiger partial charge in [0.2, 0.25) is 5.96 Å². The Hall–Kier alpha value is -2.19. The molecule has 0 aromatic rings. The van der Waals surface area contributed by atoms with Crippen molar-refractivity contribution in [1.82, 2.24) is 10.3 Å². The van der Waals surface area contributed by atoms with E-state index in [0.29, 0.717) is 32.4 Å². The number of unbranched alkanes of at least 4 members (excludes halogenated alkanes) is 2. The number of hydrogen-bond acceptors (Lipinski definition) is 4. The number of nitrogens with one attached hydrogen (secondary N) is 2. The topological polar surface area (TPSA) is 167 Å². The number of aliphatic carboxylic acids is 1. The molecule has 0 aliphatic rings. The third-order valence-electron chi connectivity index (χ3n) is 2.85. The predicted molar refractivity (Wildman–Crippen MR) is 82.6 cm³/mol. The van der Waals surface area contributed by atoms with Crippen LogP contribution in [-0.4, -0.2) is 47.1 Å². The molecule has 0 bridgehead atoms. The molecular formula is C12H27N7O2. The summed E-state index contributed by atoms with van der Waals surface area (Å²) >= 11 is 0. The molecule has 122 valence electrons. The van der Waals surface area contributed by atoms with Crippen LogP contribution in [0.4, 0.5) is 0 Å². The SMILES string of the molecule is CCCCN(N=C(N)N)[C@@H](CCCCNC(=N)N)C(=O)O. The van der Waals surface area contributed by atoms with Gasteiger partial charge in [-0.15, -0.1) is 5.10 Å². The number of rotatable bonds is 11. The highest BCUT2D eigenvalue weighted by atomic mass is 16.4. The third-order valence-corrected chi connectivity index (χ3v) is 2.85. The maximum Gasteiger partial charge on any atom is 0.328 e. The Morgan fingerprint density at radius 1 is 1.33 bits per heavy atom. The van der Waals surface area contributed by atoms with Gasteiger partial charge in [-0.2, -0.15) is 0 Å². The van der Waals surface area contributed by atoms with Crippen LogP contribution in [0.2, 0.25) is 0 Å². The van der Waals surface area contributed by atoms with Crippen LogP contribution in [0.1, 0.15) is 39.0 Å². The van der Waals surface area contributed by atoms with Gasteiger partial charge in [-0.3, -0.25) is 10.4 Å². The normalized spacial score (nSPS) is 11.5. The second kappa shape index (κ2) is 10.6. The minimum absolute atomic E-state index is 0.0881. The molecule has 21 heavy (non-hydrogen) atoms. The number of carbonyl (C=O) groups is 1. The first-order chi connectivity index (χ1) is 9.88. The summed E-state index contributed by atoms with van der Waals surface area (Å²) in [6.07, 6.45) is 3.54. The van der Waals surface area contributed by atoms with E-state index in [4.69, 9.17) is 22.6 Å². The predicted octanol–water partition coefficient (Wildman–Crippen LogP) is -0.617. The summed E-state index contributed by atoms with van der Waals surface area (Å²) in [7, 11) is 0. The number of carboxylic acids is 1. The monoisotopic (exact) mass is 301 g/mol. The van der Waals surface area contributed by atoms with E-state index in [1.807, 2.05) is 6.92 Å². The van der Waals surface area contributed by atoms with Crippen LogP contribution in [0, 0.1) is 5.41 Å². The molecule has 9 nitrogen and oxygen atoms in total. The van der Waals surface area contributed by atoms with Crippen molar-refractivity contribution in [3.05, 3.63) is 0 Å². The van der Waals surface area contributed by atoms with Crippen molar-refractivity contribution < 1.29 is 9.90 Å². The van der Waals surface area contributed by atoms with Gasteiger partial charge >= 0.3 is 5.97 Å². The number of carboxylic acid groups (broad SMARTS) is 1. The molecule has 9 N–H and O–H groups in total. The van der Waals surface area contributed by atoms with Crippen LogP contribution in [-0.2, 0) is 4.79 Å². The Kier molecular flexibility index (Phi) is 9.48. The molecule has 0 saturated carbocycles. The van der Waals surface area contributed by atoms with Gasteiger partial charge in [0.15, 0.2) is 5.96 Å². The Morgan fingerprint density at radius 2 is 2.00 bits per heavy atom. The first-order valence-electron chi connectivity index (χ1n) is 7.05. The first kappa shape index (κ1) is 18.8. The number of hydrogen-bond donors (Lipinski definition) is 6. The molecule has 0 aromatic carbocycles. The summed E-state index contributed by atoms with van der Waals surface area (Å²) in [5.74, 6) is -1.18. The van der Waals surface area contributed by atoms with Gasteiger partial charge in [0.1, 0.15) is 6.04 Å². The van der Waals surface area contributed by atoms with Crippen LogP contribution in [0.3, 0.4) is 0 Å². The van der Waals surface area contributed by atoms with E-state index in [1.165, 1.54) is 5.01 Å². The van der Waals surface area contributed by atoms with Crippen LogP contribution in [0.5, 0.6) is 0 Å². The molecule has 0 fully saturated rings. The van der Waals surface area contributed by atoms with Gasteiger partial charge in [-0.1, -0.05) is 13.3 Å². The lowest BCUT2D eigenvalue weighted by atomic mass is 10.1. The summed E-state index contributed by atoms with van der Waals surface area (Å²) in [5, 5.41) is 24.4. The van der Waals surface area contributed by atoms with Crippen molar-refractivity contribution in [2.75, 3.05) is 13.1 Å². The summed E-state index contributed by atoms with van der Waals surface area (Å²) in [5.41, 5.74) is 15.9. The highest BCUT2D eigenvalue weighted by molar-refractivity contribution is 5.77. The van der Waals surface area contributed by atoms with Crippen molar-refractivity contribution >= 4 is 17.9 Å². The lowest BCUT2D eigenvalue weighted by Crippen LogP contribution is -2.41. The molecule has 1 atom stereocenters. The molecule has 0 radical (unpaired) electrons. The molecule has 0 saturated heterocycles. The van der Waals surface area contributed by atoms with E-state index in [-0.39, 0.29) is 11.9 Å². The zero-order valence-electron chi connectivity index (χ0n) is 12.5. The molecule has 0 heterocycles. The maximum atomic E-state index is 11.4. The van der Waals surface area contributed by atoms with Crippen LogP contribution in [0.15, 0.2) is 5.10 Å². The smallest absolute Gasteiger partial charge is 0.328 e. The van der Waals surface area contributed by atoms with Gasteiger partial charge < -0.3 is 27.6 Å². The summed E-state index contributed by atoms with van der Waals surface area (Å²) in [6.45, 7) is 3.05. The van der Waals surface area contributed by atoms with Crippen molar-refractivity contribution in [3.63, 3.8) is 0 Å². The average molecular weight is 301 g/mol. The van der Waals surface area contributed by atoms with E-state index in [2.05, 4.69) is 10.4 Å². The van der Waals surface area contributed by atoms with Crippen molar-refractivity contribution in [2.45, 2.75) is 45.1 Å². The van der Waals surface area contributed by atoms with Gasteiger partial charge in [0, 0.05) is 13.1 Å². The van der Waals surface area contributed by atoms with Gasteiger partial charge in [-0.25, -0.2) is 4.79 Å². The van der Waals surface area contributed by atoms with E-state index in [1.54, 1.807) is 0 Å². The van der Waals surface area contributed by atoms with Crippen LogP contribution >= 0.6 is 0 Å². The largest absolute Gasteiger partial charge is 0.480 e.